The molecule has 2 nitrogen and oxygen atoms in total. The molecule has 2 aromatic rings. The largest absolute Gasteiger partial charge is 0.404 e. The lowest BCUT2D eigenvalue weighted by molar-refractivity contribution is -0.121. The Bertz CT molecular complexity index is 684. The van der Waals surface area contributed by atoms with Crippen molar-refractivity contribution in [1.29, 1.82) is 0 Å². The molecule has 1 saturated carbocycles. The molecule has 2 aromatic carbocycles. The van der Waals surface area contributed by atoms with Crippen LogP contribution in [0.4, 0.5) is 0 Å². The van der Waals surface area contributed by atoms with Crippen LogP contribution in [0.2, 0.25) is 5.04 Å². The second kappa shape index (κ2) is 5.15. The number of hydrogen-bond donors (Lipinski definition) is 0. The van der Waals surface area contributed by atoms with Crippen LogP contribution in [-0.4, -0.2) is 20.2 Å². The van der Waals surface area contributed by atoms with Gasteiger partial charge in [0.2, 0.25) is 0 Å². The van der Waals surface area contributed by atoms with Gasteiger partial charge in [-0.15, -0.1) is 0 Å². The molecule has 23 heavy (non-hydrogen) atoms. The molecule has 0 radical (unpaired) electrons. The lowest BCUT2D eigenvalue weighted by Gasteiger charge is -2.40. The molecule has 0 spiro atoms. The highest BCUT2D eigenvalue weighted by molar-refractivity contribution is 7.00. The maximum Gasteiger partial charge on any atom is 0.262 e. The number of benzene rings is 2. The fourth-order valence-electron chi connectivity index (χ4n) is 4.80. The van der Waals surface area contributed by atoms with Gasteiger partial charge in [-0.05, 0) is 16.8 Å². The molecule has 2 fully saturated rings. The van der Waals surface area contributed by atoms with Gasteiger partial charge in [-0.25, -0.2) is 0 Å². The first-order chi connectivity index (χ1) is 11.1. The van der Waals surface area contributed by atoms with Crippen molar-refractivity contribution in [2.75, 3.05) is 0 Å². The molecule has 2 aliphatic rings. The van der Waals surface area contributed by atoms with E-state index in [0.717, 1.165) is 6.42 Å². The summed E-state index contributed by atoms with van der Waals surface area (Å²) >= 11 is 0. The minimum atomic E-state index is -2.47. The molecule has 4 rings (SSSR count). The minimum Gasteiger partial charge on any atom is -0.404 e. The molecule has 0 amide bonds. The van der Waals surface area contributed by atoms with Crippen molar-refractivity contribution in [3.8, 4) is 0 Å². The molecule has 1 saturated heterocycles. The first-order valence-electron chi connectivity index (χ1n) is 8.39. The summed E-state index contributed by atoms with van der Waals surface area (Å²) in [6, 6.07) is 21.2. The van der Waals surface area contributed by atoms with Gasteiger partial charge in [-0.1, -0.05) is 74.5 Å². The van der Waals surface area contributed by atoms with E-state index in [9.17, 15) is 4.79 Å². The van der Waals surface area contributed by atoms with Crippen LogP contribution < -0.4 is 10.4 Å². The monoisotopic (exact) mass is 322 g/mol. The molecule has 1 aliphatic carbocycles. The SMILES string of the molecule is CC1(C)C2C(=O)CCC2O[Si]1(c1ccccc1)c1ccccc1. The normalized spacial score (nSPS) is 27.8. The van der Waals surface area contributed by atoms with Gasteiger partial charge in [0.1, 0.15) is 5.78 Å². The zero-order valence-corrected chi connectivity index (χ0v) is 14.7. The predicted octanol–water partition coefficient (Wildman–Crippen LogP) is 2.90. The fraction of sp³-hybridized carbons (Fsp3) is 0.350. The molecule has 2 atom stereocenters. The summed E-state index contributed by atoms with van der Waals surface area (Å²) in [4.78, 5) is 12.6. The van der Waals surface area contributed by atoms with Gasteiger partial charge in [-0.3, -0.25) is 4.79 Å². The molecule has 1 heterocycles. The van der Waals surface area contributed by atoms with Crippen LogP contribution in [0.25, 0.3) is 0 Å². The van der Waals surface area contributed by atoms with Gasteiger partial charge < -0.3 is 4.43 Å². The van der Waals surface area contributed by atoms with Crippen molar-refractivity contribution >= 4 is 24.5 Å². The quantitative estimate of drug-likeness (QED) is 0.795. The van der Waals surface area contributed by atoms with Gasteiger partial charge in [-0.2, -0.15) is 0 Å². The summed E-state index contributed by atoms with van der Waals surface area (Å²) in [5.74, 6) is 0.427. The third-order valence-corrected chi connectivity index (χ3v) is 10.8. The summed E-state index contributed by atoms with van der Waals surface area (Å²) in [5.41, 5.74) is 0. The first-order valence-corrected chi connectivity index (χ1v) is 10.3. The van der Waals surface area contributed by atoms with Gasteiger partial charge in [0.15, 0.2) is 0 Å². The van der Waals surface area contributed by atoms with Crippen LogP contribution in [0, 0.1) is 5.92 Å². The number of hydrogen-bond acceptors (Lipinski definition) is 2. The first kappa shape index (κ1) is 14.9. The average molecular weight is 322 g/mol. The third-order valence-electron chi connectivity index (χ3n) is 5.77. The number of carbonyl (C=O) groups is 1. The maximum absolute atomic E-state index is 12.6. The fourth-order valence-corrected chi connectivity index (χ4v) is 10.0. The van der Waals surface area contributed by atoms with E-state index in [-0.39, 0.29) is 17.1 Å². The Balaban J connectivity index is 1.97. The van der Waals surface area contributed by atoms with E-state index in [1.54, 1.807) is 0 Å². The van der Waals surface area contributed by atoms with Crippen LogP contribution in [0.3, 0.4) is 0 Å². The number of rotatable bonds is 2. The van der Waals surface area contributed by atoms with Crippen molar-refractivity contribution in [2.24, 2.45) is 5.92 Å². The Kier molecular flexibility index (Phi) is 3.32. The summed E-state index contributed by atoms with van der Waals surface area (Å²) in [5, 5.41) is 2.41. The van der Waals surface area contributed by atoms with Gasteiger partial charge in [0, 0.05) is 17.4 Å². The van der Waals surface area contributed by atoms with Crippen LogP contribution in [0.5, 0.6) is 0 Å². The van der Waals surface area contributed by atoms with Gasteiger partial charge in [0.05, 0.1) is 6.10 Å². The molecule has 1 aliphatic heterocycles. The topological polar surface area (TPSA) is 26.3 Å². The standard InChI is InChI=1S/C20H22O2Si/c1-20(2)19-17(21)13-14-18(19)22-23(20,15-9-5-3-6-10-15)16-11-7-4-8-12-16/h3-12,18-19H,13-14H2,1-2H3. The average Bonchev–Trinajstić information content (AvgIpc) is 3.05. The van der Waals surface area contributed by atoms with E-state index in [1.165, 1.54) is 10.4 Å². The lowest BCUT2D eigenvalue weighted by Crippen LogP contribution is -2.65. The maximum atomic E-state index is 12.6. The predicted molar refractivity (Wildman–Crippen MR) is 94.6 cm³/mol. The molecule has 0 aromatic heterocycles. The molecule has 118 valence electrons. The van der Waals surface area contributed by atoms with Crippen molar-refractivity contribution in [3.05, 3.63) is 60.7 Å². The van der Waals surface area contributed by atoms with E-state index < -0.39 is 8.32 Å². The Hall–Kier alpha value is -1.71. The van der Waals surface area contributed by atoms with E-state index >= 15 is 0 Å². The van der Waals surface area contributed by atoms with E-state index in [1.807, 2.05) is 12.1 Å². The molecule has 3 heteroatoms. The summed E-state index contributed by atoms with van der Waals surface area (Å²) in [6.07, 6.45) is 1.64. The summed E-state index contributed by atoms with van der Waals surface area (Å²) in [7, 11) is -2.47. The molecular formula is C20H22O2Si. The van der Waals surface area contributed by atoms with Crippen LogP contribution in [-0.2, 0) is 9.22 Å². The lowest BCUT2D eigenvalue weighted by atomic mass is 9.91. The zero-order valence-electron chi connectivity index (χ0n) is 13.7. The van der Waals surface area contributed by atoms with E-state index in [2.05, 4.69) is 62.4 Å². The van der Waals surface area contributed by atoms with E-state index in [4.69, 9.17) is 4.43 Å². The van der Waals surface area contributed by atoms with Crippen LogP contribution in [0.1, 0.15) is 26.7 Å². The van der Waals surface area contributed by atoms with Gasteiger partial charge in [0.25, 0.3) is 8.32 Å². The third kappa shape index (κ3) is 1.93. The van der Waals surface area contributed by atoms with Gasteiger partial charge >= 0.3 is 0 Å². The Morgan fingerprint density at radius 3 is 1.96 bits per heavy atom. The summed E-state index contributed by atoms with van der Waals surface area (Å²) in [6.45, 7) is 4.51. The van der Waals surface area contributed by atoms with Crippen molar-refractivity contribution in [3.63, 3.8) is 0 Å². The number of carbonyl (C=O) groups excluding carboxylic acids is 1. The Morgan fingerprint density at radius 1 is 0.957 bits per heavy atom. The van der Waals surface area contributed by atoms with Crippen molar-refractivity contribution < 1.29 is 9.22 Å². The van der Waals surface area contributed by atoms with Crippen molar-refractivity contribution in [1.82, 2.24) is 0 Å². The highest BCUT2D eigenvalue weighted by atomic mass is 28.4. The van der Waals surface area contributed by atoms with E-state index in [0.29, 0.717) is 12.2 Å². The van der Waals surface area contributed by atoms with Crippen LogP contribution >= 0.6 is 0 Å². The smallest absolute Gasteiger partial charge is 0.262 e. The minimum absolute atomic E-state index is 0.0366. The number of fused-ring (bicyclic) bond motifs is 1. The Labute approximate surface area is 138 Å². The second-order valence-electron chi connectivity index (χ2n) is 7.27. The molecule has 0 N–H and O–H groups in total. The Morgan fingerprint density at radius 2 is 1.48 bits per heavy atom. The number of ketones is 1. The molecule has 0 bridgehead atoms. The highest BCUT2D eigenvalue weighted by Gasteiger charge is 2.67. The highest BCUT2D eigenvalue weighted by Crippen LogP contribution is 2.57. The molecular weight excluding hydrogens is 300 g/mol. The molecule has 2 unspecified atom stereocenters. The van der Waals surface area contributed by atoms with Crippen LogP contribution in [0.15, 0.2) is 60.7 Å². The van der Waals surface area contributed by atoms with Crippen molar-refractivity contribution in [2.45, 2.75) is 37.8 Å². The number of Topliss-reactive ketones (excluding diaryl/α,β-unsaturated/α-hetero) is 1. The second-order valence-corrected chi connectivity index (χ2v) is 11.3. The summed E-state index contributed by atoms with van der Waals surface area (Å²) < 4.78 is 6.85. The zero-order chi connectivity index (χ0) is 16.1.